The molecule has 1 rings (SSSR count). The molecule has 1 heterocycles. The van der Waals surface area contributed by atoms with E-state index in [1.807, 2.05) is 0 Å². The van der Waals surface area contributed by atoms with Crippen LogP contribution >= 0.6 is 0 Å². The van der Waals surface area contributed by atoms with Crippen LogP contribution in [0.3, 0.4) is 0 Å². The zero-order valence-corrected chi connectivity index (χ0v) is 5.42. The van der Waals surface area contributed by atoms with E-state index in [0.717, 1.165) is 13.2 Å². The van der Waals surface area contributed by atoms with Crippen molar-refractivity contribution in [2.75, 3.05) is 20.2 Å². The molecule has 2 nitrogen and oxygen atoms in total. The lowest BCUT2D eigenvalue weighted by atomic mass is 10.3. The predicted octanol–water partition coefficient (Wildman–Crippen LogP) is 0.499. The van der Waals surface area contributed by atoms with Crippen molar-refractivity contribution in [1.29, 1.82) is 0 Å². The van der Waals surface area contributed by atoms with E-state index in [4.69, 9.17) is 4.74 Å². The van der Waals surface area contributed by atoms with Crippen LogP contribution in [0, 0.1) is 6.54 Å². The molecule has 1 radical (unpaired) electrons. The topological polar surface area (TPSA) is 12.5 Å². The Labute approximate surface area is 50.4 Å². The monoisotopic (exact) mass is 114 g/mol. The maximum atomic E-state index is 5.25. The van der Waals surface area contributed by atoms with E-state index in [1.54, 1.807) is 0 Å². The molecule has 1 fully saturated rings. The Morgan fingerprint density at radius 1 is 1.75 bits per heavy atom. The Hall–Kier alpha value is -0.0800. The molecule has 0 aliphatic carbocycles. The molecular formula is C6H12NO. The molecule has 1 unspecified atom stereocenters. The van der Waals surface area contributed by atoms with E-state index in [2.05, 4.69) is 25.4 Å². The Balaban J connectivity index is 2.23. The van der Waals surface area contributed by atoms with Crippen LogP contribution in [0.15, 0.2) is 0 Å². The third-order valence-corrected chi connectivity index (χ3v) is 1.31. The normalized spacial score (nSPS) is 33.0. The first kappa shape index (κ1) is 6.05. The van der Waals surface area contributed by atoms with Crippen molar-refractivity contribution in [1.82, 2.24) is 4.90 Å². The van der Waals surface area contributed by atoms with Gasteiger partial charge in [0.2, 0.25) is 0 Å². The Kier molecular flexibility index (Phi) is 1.86. The average molecular weight is 114 g/mol. The Bertz CT molecular complexity index is 66.9. The molecule has 0 amide bonds. The number of morpholine rings is 1. The molecule has 0 N–H and O–H groups in total. The Morgan fingerprint density at radius 2 is 2.50 bits per heavy atom. The third kappa shape index (κ3) is 1.46. The van der Waals surface area contributed by atoms with Gasteiger partial charge in [-0.3, -0.25) is 4.90 Å². The number of hydrogen-bond donors (Lipinski definition) is 0. The minimum Gasteiger partial charge on any atom is -0.375 e. The van der Waals surface area contributed by atoms with Crippen molar-refractivity contribution in [3.63, 3.8) is 0 Å². The highest BCUT2D eigenvalue weighted by atomic mass is 16.5. The predicted molar refractivity (Wildman–Crippen MR) is 32.3 cm³/mol. The third-order valence-electron chi connectivity index (χ3n) is 1.31. The van der Waals surface area contributed by atoms with Gasteiger partial charge >= 0.3 is 0 Å². The van der Waals surface area contributed by atoms with Gasteiger partial charge in [0.25, 0.3) is 0 Å². The summed E-state index contributed by atoms with van der Waals surface area (Å²) < 4.78 is 5.25. The van der Waals surface area contributed by atoms with Gasteiger partial charge < -0.3 is 4.74 Å². The first-order chi connectivity index (χ1) is 3.79. The first-order valence-electron chi connectivity index (χ1n) is 2.94. The van der Waals surface area contributed by atoms with Crippen LogP contribution in [0.25, 0.3) is 0 Å². The molecule has 1 aliphatic rings. The summed E-state index contributed by atoms with van der Waals surface area (Å²) in [7, 11) is 2.07. The van der Waals surface area contributed by atoms with E-state index in [0.29, 0.717) is 6.10 Å². The van der Waals surface area contributed by atoms with Crippen LogP contribution in [0.2, 0.25) is 0 Å². The van der Waals surface area contributed by atoms with Gasteiger partial charge in [-0.1, -0.05) is 0 Å². The molecule has 0 aromatic carbocycles. The minimum atomic E-state index is 0.407. The van der Waals surface area contributed by atoms with Crippen molar-refractivity contribution in [3.05, 3.63) is 6.54 Å². The van der Waals surface area contributed by atoms with Gasteiger partial charge in [0.05, 0.1) is 19.3 Å². The highest BCUT2D eigenvalue weighted by Gasteiger charge is 2.11. The van der Waals surface area contributed by atoms with Gasteiger partial charge in [-0.25, -0.2) is 0 Å². The second-order valence-electron chi connectivity index (χ2n) is 2.27. The van der Waals surface area contributed by atoms with E-state index in [-0.39, 0.29) is 0 Å². The number of rotatable bonds is 0. The summed E-state index contributed by atoms with van der Waals surface area (Å²) in [5, 5.41) is 0. The lowest BCUT2D eigenvalue weighted by Gasteiger charge is -2.26. The maximum Gasteiger partial charge on any atom is 0.0674 e. The van der Waals surface area contributed by atoms with Crippen molar-refractivity contribution < 1.29 is 4.74 Å². The van der Waals surface area contributed by atoms with E-state index in [9.17, 15) is 0 Å². The lowest BCUT2D eigenvalue weighted by Crippen LogP contribution is -2.34. The van der Waals surface area contributed by atoms with Crippen molar-refractivity contribution in [3.8, 4) is 0 Å². The van der Waals surface area contributed by atoms with Gasteiger partial charge in [-0.05, 0) is 14.0 Å². The summed E-state index contributed by atoms with van der Waals surface area (Å²) in [5.74, 6) is 0. The first-order valence-corrected chi connectivity index (χ1v) is 2.94. The highest BCUT2D eigenvalue weighted by molar-refractivity contribution is 4.72. The van der Waals surface area contributed by atoms with Gasteiger partial charge in [-0.2, -0.15) is 0 Å². The SMILES string of the molecule is CC1CN(C)[CH]CO1. The molecule has 1 saturated heterocycles. The average Bonchev–Trinajstić information content (AvgIpc) is 1.64. The van der Waals surface area contributed by atoms with Crippen molar-refractivity contribution in [2.45, 2.75) is 13.0 Å². The fraction of sp³-hybridized carbons (Fsp3) is 0.833. The largest absolute Gasteiger partial charge is 0.375 e. The zero-order valence-electron chi connectivity index (χ0n) is 5.42. The standard InChI is InChI=1S/C6H12NO/c1-6-5-7(2)3-4-8-6/h3,6H,4-5H2,1-2H3. The van der Waals surface area contributed by atoms with Crippen molar-refractivity contribution >= 4 is 0 Å². The van der Waals surface area contributed by atoms with E-state index < -0.39 is 0 Å². The summed E-state index contributed by atoms with van der Waals surface area (Å²) in [5.41, 5.74) is 0. The molecule has 2 heteroatoms. The molecule has 47 valence electrons. The van der Waals surface area contributed by atoms with Crippen LogP contribution in [0.5, 0.6) is 0 Å². The number of ether oxygens (including phenoxy) is 1. The summed E-state index contributed by atoms with van der Waals surface area (Å²) in [6.07, 6.45) is 0.407. The highest BCUT2D eigenvalue weighted by Crippen LogP contribution is 2.03. The molecular weight excluding hydrogens is 102 g/mol. The van der Waals surface area contributed by atoms with Crippen LogP contribution in [-0.4, -0.2) is 31.2 Å². The van der Waals surface area contributed by atoms with Crippen LogP contribution < -0.4 is 0 Å². The molecule has 1 atom stereocenters. The number of likely N-dealkylation sites (N-methyl/N-ethyl adjacent to an activating group) is 1. The molecule has 0 bridgehead atoms. The van der Waals surface area contributed by atoms with Gasteiger partial charge in [0, 0.05) is 6.54 Å². The molecule has 8 heavy (non-hydrogen) atoms. The van der Waals surface area contributed by atoms with E-state index in [1.165, 1.54) is 0 Å². The van der Waals surface area contributed by atoms with E-state index >= 15 is 0 Å². The Morgan fingerprint density at radius 3 is 2.88 bits per heavy atom. The van der Waals surface area contributed by atoms with Gasteiger partial charge in [-0.15, -0.1) is 0 Å². The fourth-order valence-corrected chi connectivity index (χ4v) is 0.867. The van der Waals surface area contributed by atoms with Crippen LogP contribution in [0.1, 0.15) is 6.92 Å². The summed E-state index contributed by atoms with van der Waals surface area (Å²) in [6, 6.07) is 0. The quantitative estimate of drug-likeness (QED) is 0.454. The van der Waals surface area contributed by atoms with Crippen LogP contribution in [-0.2, 0) is 4.74 Å². The smallest absolute Gasteiger partial charge is 0.0674 e. The fourth-order valence-electron chi connectivity index (χ4n) is 0.867. The van der Waals surface area contributed by atoms with Crippen molar-refractivity contribution in [2.24, 2.45) is 0 Å². The maximum absolute atomic E-state index is 5.25. The summed E-state index contributed by atoms with van der Waals surface area (Å²) in [4.78, 5) is 2.16. The zero-order chi connectivity index (χ0) is 5.98. The lowest BCUT2D eigenvalue weighted by molar-refractivity contribution is 0.0152. The number of nitrogens with zero attached hydrogens (tertiary/aromatic N) is 1. The molecule has 0 saturated carbocycles. The summed E-state index contributed by atoms with van der Waals surface area (Å²) >= 11 is 0. The minimum absolute atomic E-state index is 0.407. The molecule has 0 aromatic rings. The molecule has 0 aromatic heterocycles. The summed E-state index contributed by atoms with van der Waals surface area (Å²) in [6.45, 7) is 5.95. The van der Waals surface area contributed by atoms with Crippen LogP contribution in [0.4, 0.5) is 0 Å². The second kappa shape index (κ2) is 2.46. The van der Waals surface area contributed by atoms with Gasteiger partial charge in [0.15, 0.2) is 0 Å². The number of hydrogen-bond acceptors (Lipinski definition) is 2. The molecule has 1 aliphatic heterocycles. The van der Waals surface area contributed by atoms with Gasteiger partial charge in [0.1, 0.15) is 0 Å². The second-order valence-corrected chi connectivity index (χ2v) is 2.27. The molecule has 0 spiro atoms.